The topological polar surface area (TPSA) is 159 Å². The van der Waals surface area contributed by atoms with Crippen LogP contribution in [0.1, 0.15) is 18.9 Å². The minimum absolute atomic E-state index is 0.0786. The van der Waals surface area contributed by atoms with Crippen molar-refractivity contribution < 1.29 is 22.0 Å². The summed E-state index contributed by atoms with van der Waals surface area (Å²) in [6.45, 7) is 1.72. The molecule has 0 fully saturated rings. The number of H-pyrrole nitrogens is 2. The van der Waals surface area contributed by atoms with Gasteiger partial charge in [-0.25, -0.2) is 32.2 Å². The minimum Gasteiger partial charge on any atom is -0.335 e. The Kier molecular flexibility index (Phi) is 7.13. The first-order chi connectivity index (χ1) is 20.6. The monoisotopic (exact) mass is 602 g/mol. The molecule has 0 radical (unpaired) electrons. The van der Waals surface area contributed by atoms with Gasteiger partial charge >= 0.3 is 0 Å². The van der Waals surface area contributed by atoms with Gasteiger partial charge in [0.05, 0.1) is 28.5 Å². The summed E-state index contributed by atoms with van der Waals surface area (Å²) in [7, 11) is -3.23. The number of rotatable bonds is 8. The average Bonchev–Trinajstić information content (AvgIpc) is 3.60. The predicted molar refractivity (Wildman–Crippen MR) is 158 cm³/mol. The molecule has 0 aliphatic heterocycles. The molecule has 0 bridgehead atoms. The maximum Gasteiger partial charge on any atom is 0.224 e. The van der Waals surface area contributed by atoms with Crippen molar-refractivity contribution in [2.45, 2.75) is 19.8 Å². The van der Waals surface area contributed by atoms with E-state index in [-0.39, 0.29) is 52.6 Å². The summed E-state index contributed by atoms with van der Waals surface area (Å²) in [5.41, 5.74) is 3.67. The van der Waals surface area contributed by atoms with Gasteiger partial charge in [0.1, 0.15) is 27.2 Å². The molecule has 0 unspecified atom stereocenters. The van der Waals surface area contributed by atoms with Gasteiger partial charge in [-0.05, 0) is 41.8 Å². The van der Waals surface area contributed by atoms with E-state index in [0.29, 0.717) is 39.1 Å². The second-order valence-electron chi connectivity index (χ2n) is 10.0. The molecule has 6 rings (SSSR count). The number of fused-ring (bicyclic) bond motifs is 2. The number of imidazole rings is 1. The Morgan fingerprint density at radius 3 is 2.63 bits per heavy atom. The van der Waals surface area contributed by atoms with Crippen molar-refractivity contribution in [2.24, 2.45) is 0 Å². The largest absolute Gasteiger partial charge is 0.335 e. The van der Waals surface area contributed by atoms with Crippen LogP contribution in [0.25, 0.3) is 56.0 Å². The molecule has 218 valence electrons. The number of amides is 1. The van der Waals surface area contributed by atoms with Crippen LogP contribution in [0.3, 0.4) is 0 Å². The lowest BCUT2D eigenvalue weighted by atomic mass is 10.0. The van der Waals surface area contributed by atoms with E-state index in [9.17, 15) is 17.6 Å². The molecule has 6 aromatic rings. The normalized spacial score (nSPS) is 11.8. The van der Waals surface area contributed by atoms with Crippen molar-refractivity contribution >= 4 is 43.6 Å². The van der Waals surface area contributed by atoms with Crippen molar-refractivity contribution in [2.75, 3.05) is 17.3 Å². The number of hydrogen-bond donors (Lipinski definition) is 3. The fourth-order valence-electron chi connectivity index (χ4n) is 4.75. The molecule has 5 aromatic heterocycles. The third-order valence-electron chi connectivity index (χ3n) is 6.83. The Hall–Kier alpha value is -5.11. The van der Waals surface area contributed by atoms with E-state index in [1.54, 1.807) is 25.1 Å². The predicted octanol–water partition coefficient (Wildman–Crippen LogP) is 4.84. The zero-order valence-corrected chi connectivity index (χ0v) is 23.8. The van der Waals surface area contributed by atoms with Crippen molar-refractivity contribution in [1.29, 1.82) is 0 Å². The summed E-state index contributed by atoms with van der Waals surface area (Å²) in [6.07, 6.45) is 7.37. The Balaban J connectivity index is 1.42. The van der Waals surface area contributed by atoms with E-state index in [1.807, 2.05) is 0 Å². The van der Waals surface area contributed by atoms with Crippen molar-refractivity contribution in [3.8, 4) is 33.8 Å². The Bertz CT molecular complexity index is 2140. The number of nitrogens with one attached hydrogen (secondary N) is 3. The van der Waals surface area contributed by atoms with E-state index < -0.39 is 21.5 Å². The molecule has 43 heavy (non-hydrogen) atoms. The molecule has 3 N–H and O–H groups in total. The molecule has 0 spiro atoms. The summed E-state index contributed by atoms with van der Waals surface area (Å²) in [5.74, 6) is -1.22. The Morgan fingerprint density at radius 2 is 1.84 bits per heavy atom. The third kappa shape index (κ3) is 5.68. The van der Waals surface area contributed by atoms with E-state index >= 15 is 4.39 Å². The van der Waals surface area contributed by atoms with Gasteiger partial charge in [-0.15, -0.1) is 0 Å². The van der Waals surface area contributed by atoms with Crippen molar-refractivity contribution in [3.05, 3.63) is 72.3 Å². The standard InChI is InChI=1S/C29H24F2N8O3S/c1-3-22(40)35-19-11-17(12-32-13-19)21-14-34-27-23(24(21)31)26(38-39-27)29-36-25-20(4-6-33-28(25)37-29)16-8-15(9-18(30)10-16)5-7-43(2,41)42/h4,6,8-14H,3,5,7H2,1-2H3,(H,35,40)(H,33,36,37)(H,34,38,39). The highest BCUT2D eigenvalue weighted by Crippen LogP contribution is 2.35. The number of aromatic nitrogens is 7. The van der Waals surface area contributed by atoms with Gasteiger partial charge in [0.25, 0.3) is 0 Å². The number of aryl methyl sites for hydroxylation is 1. The highest BCUT2D eigenvalue weighted by atomic mass is 32.2. The lowest BCUT2D eigenvalue weighted by molar-refractivity contribution is -0.115. The fourth-order valence-corrected chi connectivity index (χ4v) is 5.36. The fraction of sp³-hybridized carbons (Fsp3) is 0.172. The van der Waals surface area contributed by atoms with Gasteiger partial charge in [-0.3, -0.25) is 14.9 Å². The highest BCUT2D eigenvalue weighted by Gasteiger charge is 2.22. The lowest BCUT2D eigenvalue weighted by Crippen LogP contribution is -2.09. The van der Waals surface area contributed by atoms with Crippen LogP contribution in [-0.4, -0.2) is 61.5 Å². The van der Waals surface area contributed by atoms with Gasteiger partial charge in [-0.1, -0.05) is 13.0 Å². The molecular formula is C29H24F2N8O3S. The summed E-state index contributed by atoms with van der Waals surface area (Å²) >= 11 is 0. The molecule has 1 aromatic carbocycles. The molecule has 0 saturated carbocycles. The number of aromatic amines is 2. The quantitative estimate of drug-likeness (QED) is 0.223. The average molecular weight is 603 g/mol. The van der Waals surface area contributed by atoms with Crippen LogP contribution in [0, 0.1) is 11.6 Å². The zero-order chi connectivity index (χ0) is 30.3. The number of anilines is 1. The zero-order valence-electron chi connectivity index (χ0n) is 22.9. The molecule has 0 aliphatic carbocycles. The van der Waals surface area contributed by atoms with Gasteiger partial charge in [0.2, 0.25) is 5.91 Å². The van der Waals surface area contributed by atoms with Crippen molar-refractivity contribution in [3.63, 3.8) is 0 Å². The number of hydrogen-bond acceptors (Lipinski definition) is 8. The maximum atomic E-state index is 16.1. The number of nitrogens with zero attached hydrogens (tertiary/aromatic N) is 5. The third-order valence-corrected chi connectivity index (χ3v) is 7.78. The number of pyridine rings is 3. The van der Waals surface area contributed by atoms with Crippen LogP contribution in [0.2, 0.25) is 0 Å². The van der Waals surface area contributed by atoms with Crippen LogP contribution < -0.4 is 5.32 Å². The first kappa shape index (κ1) is 28.0. The smallest absolute Gasteiger partial charge is 0.224 e. The van der Waals surface area contributed by atoms with Gasteiger partial charge < -0.3 is 10.3 Å². The highest BCUT2D eigenvalue weighted by molar-refractivity contribution is 7.90. The molecule has 14 heteroatoms. The first-order valence-corrected chi connectivity index (χ1v) is 15.3. The van der Waals surface area contributed by atoms with E-state index in [1.165, 1.54) is 36.9 Å². The Labute approximate surface area is 243 Å². The molecule has 0 aliphatic rings. The second-order valence-corrected chi connectivity index (χ2v) is 12.3. The van der Waals surface area contributed by atoms with E-state index in [2.05, 4.69) is 40.4 Å². The molecule has 0 saturated heterocycles. The number of carbonyl (C=O) groups excluding carboxylic acids is 1. The van der Waals surface area contributed by atoms with Crippen LogP contribution in [0.4, 0.5) is 14.5 Å². The minimum atomic E-state index is -3.23. The molecule has 1 amide bonds. The summed E-state index contributed by atoms with van der Waals surface area (Å²) in [5, 5.41) is 9.73. The van der Waals surface area contributed by atoms with Crippen LogP contribution in [-0.2, 0) is 21.1 Å². The molecule has 11 nitrogen and oxygen atoms in total. The number of benzene rings is 1. The summed E-state index contributed by atoms with van der Waals surface area (Å²) in [4.78, 5) is 32.3. The molecule has 5 heterocycles. The van der Waals surface area contributed by atoms with Crippen molar-refractivity contribution in [1.82, 2.24) is 35.1 Å². The lowest BCUT2D eigenvalue weighted by Gasteiger charge is -2.08. The second kappa shape index (κ2) is 10.9. The number of sulfone groups is 1. The van der Waals surface area contributed by atoms with Crippen LogP contribution in [0.15, 0.2) is 55.1 Å². The summed E-state index contributed by atoms with van der Waals surface area (Å²) < 4.78 is 54.0. The Morgan fingerprint density at radius 1 is 1.00 bits per heavy atom. The van der Waals surface area contributed by atoms with E-state index in [4.69, 9.17) is 0 Å². The molecule has 0 atom stereocenters. The van der Waals surface area contributed by atoms with Gasteiger partial charge in [0, 0.05) is 48.0 Å². The maximum absolute atomic E-state index is 16.1. The number of carbonyl (C=O) groups is 1. The number of halogens is 2. The van der Waals surface area contributed by atoms with Crippen LogP contribution >= 0.6 is 0 Å². The van der Waals surface area contributed by atoms with Gasteiger partial charge in [-0.2, -0.15) is 5.10 Å². The van der Waals surface area contributed by atoms with Crippen LogP contribution in [0.5, 0.6) is 0 Å². The van der Waals surface area contributed by atoms with Gasteiger partial charge in [0.15, 0.2) is 17.1 Å². The molecular weight excluding hydrogens is 578 g/mol. The first-order valence-electron chi connectivity index (χ1n) is 13.2. The summed E-state index contributed by atoms with van der Waals surface area (Å²) in [6, 6.07) is 7.65. The van der Waals surface area contributed by atoms with E-state index in [0.717, 1.165) is 6.26 Å². The SMILES string of the molecule is CCC(=O)Nc1cncc(-c2cnc3n[nH]c(-c4nc5nccc(-c6cc(F)cc(CCS(C)(=O)=O)c6)c5[nH]4)c3c2F)c1.